The standard InChI is InChI=1S/C60H49FN8O12S2/c1-5-53(70)78-26-8-25-77-45-20-16-38-29-40(13-12-39(38)30-45)58(74)80-49-22-17-43(28-35(49)2)64-54(71)46-31-42(34-63-68-59-65-47-10-6-7-11-51(47)82-59)50(32-41(46)33-62-69-60-66-48-21-23-52(75-4)67-55(48)83-60)81-57(73)37-14-18-44(19-15-37)76-24-9-27-79-56(72)36(3)61/h5-7,10-23,28-34H,1,3,8-9,24-27H2,2,4H3,(H,64,71)(H,65,68)(H,66,69)/b62-33+,63-34+. The minimum absolute atomic E-state index is 0.00501. The zero-order valence-corrected chi connectivity index (χ0v) is 46.0. The SMILES string of the molecule is C=CC(=O)OCCCOc1ccc2cc(C(=O)Oc3ccc(NC(=O)c4cc(/C=N/Nc5nc6ccccc6s5)c(OC(=O)c5ccc(OCCCOC(=O)C(=C)F)cc5)cc4/C=N/Nc4nc5ccc(OC)nc5s4)cc3C)ccc2c1. The number of para-hydroxylation sites is 1. The van der Waals surface area contributed by atoms with Gasteiger partial charge < -0.3 is 38.5 Å². The molecule has 0 spiro atoms. The minimum atomic E-state index is -1.20. The van der Waals surface area contributed by atoms with Crippen LogP contribution >= 0.6 is 22.7 Å². The summed E-state index contributed by atoms with van der Waals surface area (Å²) in [6.07, 6.45) is 4.62. The summed E-state index contributed by atoms with van der Waals surface area (Å²) in [5.74, 6) is -3.13. The molecule has 23 heteroatoms. The van der Waals surface area contributed by atoms with Crippen molar-refractivity contribution in [3.63, 3.8) is 0 Å². The third-order valence-electron chi connectivity index (χ3n) is 11.8. The predicted molar refractivity (Wildman–Crippen MR) is 314 cm³/mol. The molecule has 0 atom stereocenters. The number of carbonyl (C=O) groups is 5. The molecule has 0 aliphatic rings. The molecule has 3 N–H and O–H groups in total. The Labute approximate surface area is 480 Å². The summed E-state index contributed by atoms with van der Waals surface area (Å²) in [6, 6.07) is 35.5. The topological polar surface area (TPSA) is 249 Å². The van der Waals surface area contributed by atoms with Gasteiger partial charge in [0.2, 0.25) is 22.0 Å². The molecule has 0 saturated heterocycles. The second-order valence-corrected chi connectivity index (χ2v) is 19.7. The number of hydrogen-bond donors (Lipinski definition) is 3. The Kier molecular flexibility index (Phi) is 18.8. The van der Waals surface area contributed by atoms with Crippen LogP contribution in [0, 0.1) is 6.92 Å². The number of aryl methyl sites for hydroxylation is 1. The molecular formula is C60H49FN8O12S2. The monoisotopic (exact) mass is 1160 g/mol. The molecule has 0 unspecified atom stereocenters. The number of halogens is 1. The number of ether oxygens (including phenoxy) is 7. The molecule has 0 radical (unpaired) electrons. The van der Waals surface area contributed by atoms with Gasteiger partial charge in [-0.25, -0.2) is 34.1 Å². The van der Waals surface area contributed by atoms with Crippen LogP contribution < -0.4 is 39.9 Å². The molecule has 0 saturated carbocycles. The Morgan fingerprint density at radius 3 is 2.06 bits per heavy atom. The first-order chi connectivity index (χ1) is 40.3. The Hall–Kier alpha value is -10.4. The molecule has 0 bridgehead atoms. The molecule has 9 rings (SSSR count). The van der Waals surface area contributed by atoms with Gasteiger partial charge >= 0.3 is 23.9 Å². The van der Waals surface area contributed by atoms with Crippen LogP contribution in [0.5, 0.6) is 28.9 Å². The summed E-state index contributed by atoms with van der Waals surface area (Å²) in [7, 11) is 1.51. The van der Waals surface area contributed by atoms with Crippen LogP contribution in [0.1, 0.15) is 60.6 Å². The number of rotatable bonds is 25. The number of aromatic nitrogens is 3. The number of benzene rings is 6. The van der Waals surface area contributed by atoms with E-state index in [1.165, 1.54) is 66.5 Å². The first-order valence-corrected chi connectivity index (χ1v) is 26.9. The number of hydrogen-bond acceptors (Lipinski definition) is 21. The third kappa shape index (κ3) is 15.3. The quantitative estimate of drug-likeness (QED) is 0.0120. The van der Waals surface area contributed by atoms with Gasteiger partial charge in [-0.05, 0) is 120 Å². The number of anilines is 3. The fourth-order valence-corrected chi connectivity index (χ4v) is 9.35. The number of nitrogens with zero attached hydrogens (tertiary/aromatic N) is 5. The predicted octanol–water partition coefficient (Wildman–Crippen LogP) is 11.6. The van der Waals surface area contributed by atoms with Gasteiger partial charge in [-0.15, -0.1) is 0 Å². The average molecular weight is 1160 g/mol. The normalized spacial score (nSPS) is 11.1. The largest absolute Gasteiger partial charge is 0.493 e. The Balaban J connectivity index is 0.953. The lowest BCUT2D eigenvalue weighted by Crippen LogP contribution is -2.17. The molecule has 83 heavy (non-hydrogen) atoms. The van der Waals surface area contributed by atoms with Crippen molar-refractivity contribution in [2.75, 3.05) is 49.7 Å². The summed E-state index contributed by atoms with van der Waals surface area (Å²) in [5, 5.41) is 14.3. The Morgan fingerprint density at radius 1 is 0.651 bits per heavy atom. The second-order valence-electron chi connectivity index (χ2n) is 17.7. The highest BCUT2D eigenvalue weighted by molar-refractivity contribution is 7.22. The van der Waals surface area contributed by atoms with Crippen molar-refractivity contribution in [1.82, 2.24) is 15.0 Å². The second kappa shape index (κ2) is 27.2. The molecule has 9 aromatic rings. The van der Waals surface area contributed by atoms with Gasteiger partial charge in [-0.2, -0.15) is 14.6 Å². The van der Waals surface area contributed by atoms with Crippen molar-refractivity contribution in [3.8, 4) is 28.9 Å². The first kappa shape index (κ1) is 57.3. The maximum atomic E-state index is 14.6. The zero-order chi connectivity index (χ0) is 58.2. The van der Waals surface area contributed by atoms with E-state index >= 15 is 0 Å². The highest BCUT2D eigenvalue weighted by atomic mass is 32.1. The van der Waals surface area contributed by atoms with E-state index in [-0.39, 0.29) is 60.0 Å². The number of amides is 1. The van der Waals surface area contributed by atoms with Gasteiger partial charge in [0.25, 0.3) is 5.91 Å². The summed E-state index contributed by atoms with van der Waals surface area (Å²) < 4.78 is 52.3. The maximum absolute atomic E-state index is 14.6. The average Bonchev–Trinajstić information content (AvgIpc) is 4.29. The van der Waals surface area contributed by atoms with Gasteiger partial charge in [0.15, 0.2) is 0 Å². The molecule has 3 heterocycles. The summed E-state index contributed by atoms with van der Waals surface area (Å²) in [4.78, 5) is 78.8. The summed E-state index contributed by atoms with van der Waals surface area (Å²) in [6.45, 7) is 8.59. The minimum Gasteiger partial charge on any atom is -0.493 e. The van der Waals surface area contributed by atoms with E-state index in [0.29, 0.717) is 67.8 Å². The smallest absolute Gasteiger partial charge is 0.366 e. The van der Waals surface area contributed by atoms with Crippen molar-refractivity contribution >= 4 is 112 Å². The lowest BCUT2D eigenvalue weighted by Gasteiger charge is -2.14. The van der Waals surface area contributed by atoms with E-state index in [9.17, 15) is 28.4 Å². The van der Waals surface area contributed by atoms with Crippen LogP contribution in [-0.4, -0.2) is 90.7 Å². The summed E-state index contributed by atoms with van der Waals surface area (Å²) in [5.41, 5.74) is 9.02. The molecule has 0 aliphatic carbocycles. The fraction of sp³-hybridized carbons (Fsp3) is 0.133. The lowest BCUT2D eigenvalue weighted by molar-refractivity contribution is -0.141. The molecule has 0 aliphatic heterocycles. The van der Waals surface area contributed by atoms with Gasteiger partial charge in [0, 0.05) is 47.4 Å². The van der Waals surface area contributed by atoms with Crippen molar-refractivity contribution in [1.29, 1.82) is 0 Å². The number of pyridine rings is 1. The van der Waals surface area contributed by atoms with Gasteiger partial charge in [0.1, 0.15) is 33.3 Å². The number of methoxy groups -OCH3 is 1. The van der Waals surface area contributed by atoms with E-state index in [4.69, 9.17) is 33.2 Å². The number of thiazole rings is 2. The van der Waals surface area contributed by atoms with E-state index in [1.807, 2.05) is 36.4 Å². The van der Waals surface area contributed by atoms with Crippen molar-refractivity contribution in [2.24, 2.45) is 10.2 Å². The van der Waals surface area contributed by atoms with Crippen molar-refractivity contribution in [2.45, 2.75) is 19.8 Å². The highest BCUT2D eigenvalue weighted by Crippen LogP contribution is 2.31. The number of hydrazone groups is 2. The molecule has 0 fully saturated rings. The van der Waals surface area contributed by atoms with E-state index in [1.54, 1.807) is 73.7 Å². The lowest BCUT2D eigenvalue weighted by atomic mass is 10.0. The van der Waals surface area contributed by atoms with Gasteiger partial charge in [-0.3, -0.25) is 15.6 Å². The third-order valence-corrected chi connectivity index (χ3v) is 13.7. The maximum Gasteiger partial charge on any atom is 0.366 e. The van der Waals surface area contributed by atoms with E-state index in [0.717, 1.165) is 27.1 Å². The Bertz CT molecular complexity index is 3960. The highest BCUT2D eigenvalue weighted by Gasteiger charge is 2.21. The number of carbonyl (C=O) groups excluding carboxylic acids is 5. The molecular weight excluding hydrogens is 1110 g/mol. The van der Waals surface area contributed by atoms with Crippen LogP contribution in [0.3, 0.4) is 0 Å². The number of fused-ring (bicyclic) bond motifs is 3. The van der Waals surface area contributed by atoms with Crippen LogP contribution in [0.15, 0.2) is 163 Å². The summed E-state index contributed by atoms with van der Waals surface area (Å²) >= 11 is 2.59. The Morgan fingerprint density at radius 2 is 1.31 bits per heavy atom. The van der Waals surface area contributed by atoms with Gasteiger partial charge in [-0.1, -0.05) is 60.1 Å². The van der Waals surface area contributed by atoms with E-state index < -0.39 is 35.6 Å². The van der Waals surface area contributed by atoms with Crippen LogP contribution in [0.4, 0.5) is 20.3 Å². The van der Waals surface area contributed by atoms with Crippen molar-refractivity contribution < 1.29 is 61.5 Å². The molecule has 3 aromatic heterocycles. The molecule has 6 aromatic carbocycles. The zero-order valence-electron chi connectivity index (χ0n) is 44.3. The molecule has 1 amide bonds. The number of nitrogens with one attached hydrogen (secondary N) is 3. The van der Waals surface area contributed by atoms with Crippen molar-refractivity contribution in [3.05, 3.63) is 186 Å². The van der Waals surface area contributed by atoms with Crippen LogP contribution in [0.25, 0.3) is 31.3 Å². The number of esters is 4. The fourth-order valence-electron chi connectivity index (χ4n) is 7.76. The van der Waals surface area contributed by atoms with Gasteiger partial charge in [0.05, 0.1) is 67.3 Å². The van der Waals surface area contributed by atoms with Crippen LogP contribution in [-0.2, 0) is 19.1 Å². The molecule has 20 nitrogen and oxygen atoms in total. The molecule has 420 valence electrons. The van der Waals surface area contributed by atoms with Crippen LogP contribution in [0.2, 0.25) is 0 Å². The first-order valence-electron chi connectivity index (χ1n) is 25.3. The van der Waals surface area contributed by atoms with E-state index in [2.05, 4.69) is 54.5 Å².